The molecule has 1 fully saturated rings. The minimum atomic E-state index is 0.613. The van der Waals surface area contributed by atoms with Crippen molar-refractivity contribution >= 4 is 11.6 Å². The van der Waals surface area contributed by atoms with Gasteiger partial charge in [-0.05, 0) is 44.1 Å². The summed E-state index contributed by atoms with van der Waals surface area (Å²) in [5.41, 5.74) is 1.20. The Hall–Kier alpha value is -0.970. The van der Waals surface area contributed by atoms with Crippen LogP contribution in [0.3, 0.4) is 0 Å². The Morgan fingerprint density at radius 3 is 2.43 bits per heavy atom. The molecule has 0 radical (unpaired) electrons. The minimum absolute atomic E-state index is 0.613. The average molecular weight is 313 g/mol. The van der Waals surface area contributed by atoms with Gasteiger partial charge < -0.3 is 19.3 Å². The number of aryl methyl sites for hydroxylation is 1. The van der Waals surface area contributed by atoms with Crippen LogP contribution in [0.4, 0.5) is 0 Å². The van der Waals surface area contributed by atoms with Crippen LogP contribution in [-0.2, 0) is 6.42 Å². The Labute approximate surface area is 132 Å². The van der Waals surface area contributed by atoms with Crippen LogP contribution in [0, 0.1) is 0 Å². The van der Waals surface area contributed by atoms with Crippen molar-refractivity contribution in [3.05, 3.63) is 22.7 Å². The molecule has 1 aromatic carbocycles. The lowest BCUT2D eigenvalue weighted by molar-refractivity contribution is 0.153. The first kappa shape index (κ1) is 16.4. The summed E-state index contributed by atoms with van der Waals surface area (Å²) in [5.74, 6) is 1.32. The van der Waals surface area contributed by atoms with E-state index < -0.39 is 0 Å². The van der Waals surface area contributed by atoms with Crippen LogP contribution in [-0.4, -0.2) is 63.8 Å². The molecule has 0 amide bonds. The third-order valence-corrected chi connectivity index (χ3v) is 4.31. The zero-order chi connectivity index (χ0) is 15.2. The number of halogens is 1. The van der Waals surface area contributed by atoms with Crippen molar-refractivity contribution in [1.82, 2.24) is 9.80 Å². The zero-order valence-corrected chi connectivity index (χ0v) is 13.9. The van der Waals surface area contributed by atoms with Crippen LogP contribution < -0.4 is 9.47 Å². The van der Waals surface area contributed by atoms with E-state index in [0.29, 0.717) is 16.5 Å². The topological polar surface area (TPSA) is 24.9 Å². The fraction of sp³-hybridized carbons (Fsp3) is 0.625. The van der Waals surface area contributed by atoms with Gasteiger partial charge in [0.1, 0.15) is 0 Å². The molecule has 0 aliphatic carbocycles. The number of ether oxygens (including phenoxy) is 2. The van der Waals surface area contributed by atoms with E-state index in [2.05, 4.69) is 16.8 Å². The molecule has 0 bridgehead atoms. The second-order valence-corrected chi connectivity index (χ2v) is 5.97. The monoisotopic (exact) mass is 312 g/mol. The van der Waals surface area contributed by atoms with Crippen molar-refractivity contribution in [3.63, 3.8) is 0 Å². The summed E-state index contributed by atoms with van der Waals surface area (Å²) >= 11 is 6.24. The standard InChI is InChI=1S/C16H25ClN2O2/c1-18-7-9-19(10-8-18)6-4-5-13-11-14(17)16(21-3)15(12-13)20-2/h11-12H,4-10H2,1-3H3. The van der Waals surface area contributed by atoms with E-state index in [9.17, 15) is 0 Å². The highest BCUT2D eigenvalue weighted by Crippen LogP contribution is 2.36. The molecule has 21 heavy (non-hydrogen) atoms. The highest BCUT2D eigenvalue weighted by atomic mass is 35.5. The maximum absolute atomic E-state index is 6.24. The number of nitrogens with zero attached hydrogens (tertiary/aromatic N) is 2. The van der Waals surface area contributed by atoms with Gasteiger partial charge in [0, 0.05) is 26.2 Å². The second-order valence-electron chi connectivity index (χ2n) is 5.56. The van der Waals surface area contributed by atoms with Gasteiger partial charge in [0.25, 0.3) is 0 Å². The molecule has 0 atom stereocenters. The summed E-state index contributed by atoms with van der Waals surface area (Å²) in [4.78, 5) is 4.91. The summed E-state index contributed by atoms with van der Waals surface area (Å²) in [6.07, 6.45) is 2.14. The number of likely N-dealkylation sites (N-methyl/N-ethyl adjacent to an activating group) is 1. The summed E-state index contributed by atoms with van der Waals surface area (Å²) in [6, 6.07) is 4.00. The number of rotatable bonds is 6. The lowest BCUT2D eigenvalue weighted by Gasteiger charge is -2.32. The average Bonchev–Trinajstić information content (AvgIpc) is 2.48. The Morgan fingerprint density at radius 2 is 1.81 bits per heavy atom. The minimum Gasteiger partial charge on any atom is -0.493 e. The molecule has 1 saturated heterocycles. The summed E-state index contributed by atoms with van der Waals surface area (Å²) in [7, 11) is 5.43. The molecule has 0 spiro atoms. The Bertz CT molecular complexity index is 460. The summed E-state index contributed by atoms with van der Waals surface area (Å²) in [6.45, 7) is 5.82. The Balaban J connectivity index is 1.87. The van der Waals surface area contributed by atoms with Gasteiger partial charge in [0.2, 0.25) is 0 Å². The van der Waals surface area contributed by atoms with E-state index >= 15 is 0 Å². The largest absolute Gasteiger partial charge is 0.493 e. The van der Waals surface area contributed by atoms with Crippen molar-refractivity contribution in [2.45, 2.75) is 12.8 Å². The summed E-state index contributed by atoms with van der Waals surface area (Å²) in [5, 5.41) is 0.617. The van der Waals surface area contributed by atoms with Crippen LogP contribution in [0.2, 0.25) is 5.02 Å². The second kappa shape index (κ2) is 7.87. The number of hydrogen-bond acceptors (Lipinski definition) is 4. The number of methoxy groups -OCH3 is 2. The van der Waals surface area contributed by atoms with Gasteiger partial charge >= 0.3 is 0 Å². The first-order valence-electron chi connectivity index (χ1n) is 7.45. The lowest BCUT2D eigenvalue weighted by atomic mass is 10.1. The van der Waals surface area contributed by atoms with E-state index in [-0.39, 0.29) is 0 Å². The molecule has 5 heteroatoms. The fourth-order valence-electron chi connectivity index (χ4n) is 2.69. The van der Waals surface area contributed by atoms with E-state index in [1.165, 1.54) is 31.7 Å². The quantitative estimate of drug-likeness (QED) is 0.806. The first-order chi connectivity index (χ1) is 10.1. The van der Waals surface area contributed by atoms with Gasteiger partial charge in [0.05, 0.1) is 19.2 Å². The smallest absolute Gasteiger partial charge is 0.179 e. The molecule has 0 unspecified atom stereocenters. The third-order valence-electron chi connectivity index (χ3n) is 4.03. The normalized spacial score (nSPS) is 17.0. The fourth-order valence-corrected chi connectivity index (χ4v) is 3.00. The van der Waals surface area contributed by atoms with Crippen molar-refractivity contribution in [2.75, 3.05) is 54.0 Å². The molecule has 4 nitrogen and oxygen atoms in total. The lowest BCUT2D eigenvalue weighted by Crippen LogP contribution is -2.44. The first-order valence-corrected chi connectivity index (χ1v) is 7.83. The van der Waals surface area contributed by atoms with Gasteiger partial charge in [-0.3, -0.25) is 0 Å². The number of piperazine rings is 1. The van der Waals surface area contributed by atoms with E-state index in [4.69, 9.17) is 21.1 Å². The molecule has 1 aliphatic rings. The Morgan fingerprint density at radius 1 is 1.10 bits per heavy atom. The molecular formula is C16H25ClN2O2. The van der Waals surface area contributed by atoms with Gasteiger partial charge in [-0.1, -0.05) is 11.6 Å². The molecule has 0 aromatic heterocycles. The van der Waals surface area contributed by atoms with Crippen molar-refractivity contribution in [2.24, 2.45) is 0 Å². The maximum atomic E-state index is 6.24. The molecule has 1 aromatic rings. The van der Waals surface area contributed by atoms with Gasteiger partial charge in [0.15, 0.2) is 11.5 Å². The van der Waals surface area contributed by atoms with Crippen molar-refractivity contribution < 1.29 is 9.47 Å². The maximum Gasteiger partial charge on any atom is 0.179 e. The van der Waals surface area contributed by atoms with Gasteiger partial charge in [-0.25, -0.2) is 0 Å². The zero-order valence-electron chi connectivity index (χ0n) is 13.2. The molecule has 0 N–H and O–H groups in total. The molecule has 118 valence electrons. The third kappa shape index (κ3) is 4.50. The van der Waals surface area contributed by atoms with Crippen molar-refractivity contribution in [1.29, 1.82) is 0 Å². The summed E-state index contributed by atoms with van der Waals surface area (Å²) < 4.78 is 10.6. The van der Waals surface area contributed by atoms with Gasteiger partial charge in [-0.15, -0.1) is 0 Å². The van der Waals surface area contributed by atoms with Crippen LogP contribution >= 0.6 is 11.6 Å². The predicted octanol–water partition coefficient (Wildman–Crippen LogP) is 2.54. The number of hydrogen-bond donors (Lipinski definition) is 0. The van der Waals surface area contributed by atoms with Crippen molar-refractivity contribution in [3.8, 4) is 11.5 Å². The van der Waals surface area contributed by atoms with E-state index in [1.807, 2.05) is 12.1 Å². The van der Waals surface area contributed by atoms with E-state index in [1.54, 1.807) is 14.2 Å². The van der Waals surface area contributed by atoms with Crippen LogP contribution in [0.5, 0.6) is 11.5 Å². The molecular weight excluding hydrogens is 288 g/mol. The molecule has 0 saturated carbocycles. The predicted molar refractivity (Wildman–Crippen MR) is 86.8 cm³/mol. The molecule has 1 heterocycles. The van der Waals surface area contributed by atoms with Crippen LogP contribution in [0.15, 0.2) is 12.1 Å². The highest BCUT2D eigenvalue weighted by Gasteiger charge is 2.14. The number of benzene rings is 1. The molecule has 1 aliphatic heterocycles. The molecule has 2 rings (SSSR count). The highest BCUT2D eigenvalue weighted by molar-refractivity contribution is 6.32. The SMILES string of the molecule is COc1cc(CCCN2CCN(C)CC2)cc(Cl)c1OC. The Kier molecular flexibility index (Phi) is 6.15. The van der Waals surface area contributed by atoms with Crippen LogP contribution in [0.1, 0.15) is 12.0 Å². The van der Waals surface area contributed by atoms with Crippen LogP contribution in [0.25, 0.3) is 0 Å². The van der Waals surface area contributed by atoms with E-state index in [0.717, 1.165) is 19.4 Å². The van der Waals surface area contributed by atoms with Gasteiger partial charge in [-0.2, -0.15) is 0 Å².